The Morgan fingerprint density at radius 3 is 2.67 bits per heavy atom. The van der Waals surface area contributed by atoms with Crippen molar-refractivity contribution in [2.24, 2.45) is 0 Å². The van der Waals surface area contributed by atoms with E-state index in [1.165, 1.54) is 0 Å². The Morgan fingerprint density at radius 1 is 1.27 bits per heavy atom. The van der Waals surface area contributed by atoms with E-state index >= 15 is 0 Å². The van der Waals surface area contributed by atoms with Crippen molar-refractivity contribution in [3.8, 4) is 0 Å². The van der Waals surface area contributed by atoms with Gasteiger partial charge in [0.1, 0.15) is 0 Å². The molecule has 0 unspecified atom stereocenters. The molecular weight excluding hydrogens is 253 g/mol. The zero-order valence-corrected chi connectivity index (χ0v) is 11.0. The van der Waals surface area contributed by atoms with Crippen LogP contribution in [0.2, 0.25) is 11.4 Å². The Balaban J connectivity index is 2.16. The number of anilines is 1. The third kappa shape index (κ3) is 2.67. The van der Waals surface area contributed by atoms with Crippen molar-refractivity contribution in [2.45, 2.75) is 11.4 Å². The van der Waals surface area contributed by atoms with Crippen molar-refractivity contribution in [1.29, 1.82) is 0 Å². The van der Waals surface area contributed by atoms with Crippen LogP contribution >= 0.6 is 0 Å². The molecule has 2 heterocycles. The molecule has 0 radical (unpaired) electrons. The average molecular weight is 269 g/mol. The molecule has 1 saturated heterocycles. The van der Waals surface area contributed by atoms with Gasteiger partial charge in [-0.05, 0) is 0 Å². The minimum absolute atomic E-state index is 0.851. The van der Waals surface area contributed by atoms with E-state index in [1.807, 2.05) is 0 Å². The van der Waals surface area contributed by atoms with Gasteiger partial charge >= 0.3 is 94.3 Å². The molecule has 82 valence electrons. The van der Waals surface area contributed by atoms with Crippen LogP contribution in [0.4, 0.5) is 5.95 Å². The van der Waals surface area contributed by atoms with Crippen LogP contribution < -0.4 is 14.8 Å². The summed E-state index contributed by atoms with van der Waals surface area (Å²) in [6, 6.07) is 0. The summed E-state index contributed by atoms with van der Waals surface area (Å²) in [5.41, 5.74) is 4.48. The second kappa shape index (κ2) is 4.90. The number of hydrogen-bond acceptors (Lipinski definition) is 5. The van der Waals surface area contributed by atoms with Gasteiger partial charge in [-0.25, -0.2) is 0 Å². The molecule has 5 nitrogen and oxygen atoms in total. The molecule has 0 bridgehead atoms. The van der Waals surface area contributed by atoms with Gasteiger partial charge in [0.2, 0.25) is 0 Å². The number of aromatic nitrogens is 3. The van der Waals surface area contributed by atoms with E-state index in [-0.39, 0.29) is 0 Å². The molecule has 1 aromatic heterocycles. The van der Waals surface area contributed by atoms with E-state index in [0.717, 1.165) is 36.7 Å². The van der Waals surface area contributed by atoms with Crippen molar-refractivity contribution >= 4 is 25.2 Å². The average Bonchev–Trinajstić information content (AvgIpc) is 2.30. The van der Waals surface area contributed by atoms with Crippen LogP contribution in [0, 0.1) is 0 Å². The van der Waals surface area contributed by atoms with E-state index < -0.39 is 14.7 Å². The number of piperazine rings is 1. The Kier molecular flexibility index (Phi) is 3.54. The summed E-state index contributed by atoms with van der Waals surface area (Å²) in [4.78, 5) is 15.2. The molecule has 6 heteroatoms. The number of hydrogen-bond donors (Lipinski definition) is 1. The van der Waals surface area contributed by atoms with Crippen molar-refractivity contribution in [1.82, 2.24) is 20.3 Å². The monoisotopic (exact) mass is 269 g/mol. The topological polar surface area (TPSA) is 53.9 Å². The molecule has 0 spiro atoms. The molecule has 0 atom stereocenters. The van der Waals surface area contributed by atoms with Gasteiger partial charge < -0.3 is 0 Å². The van der Waals surface area contributed by atoms with Gasteiger partial charge in [-0.1, -0.05) is 0 Å². The Morgan fingerprint density at radius 2 is 2.00 bits per heavy atom. The molecule has 1 aliphatic rings. The van der Waals surface area contributed by atoms with E-state index in [9.17, 15) is 0 Å². The van der Waals surface area contributed by atoms with Gasteiger partial charge in [-0.3, -0.25) is 0 Å². The number of nitrogens with one attached hydrogen (secondary N) is 1. The van der Waals surface area contributed by atoms with Gasteiger partial charge in [0.05, 0.1) is 0 Å². The molecular formula is C9H16AsN5. The quantitative estimate of drug-likeness (QED) is 0.715. The van der Waals surface area contributed by atoms with E-state index in [0.29, 0.717) is 0 Å². The predicted octanol–water partition coefficient (Wildman–Crippen LogP) is -0.757. The molecule has 0 aromatic carbocycles. The Hall–Kier alpha value is -0.672. The summed E-state index contributed by atoms with van der Waals surface area (Å²) in [5.74, 6) is 0.851. The van der Waals surface area contributed by atoms with Crippen molar-refractivity contribution in [2.75, 3.05) is 31.1 Å². The molecule has 1 aromatic rings. The zero-order chi connectivity index (χ0) is 10.7. The second-order valence-electron chi connectivity index (χ2n) is 3.72. The first-order valence-corrected chi connectivity index (χ1v) is 9.78. The van der Waals surface area contributed by atoms with Crippen molar-refractivity contribution in [3.05, 3.63) is 6.33 Å². The first-order valence-electron chi connectivity index (χ1n) is 5.09. The second-order valence-corrected chi connectivity index (χ2v) is 8.31. The summed E-state index contributed by atoms with van der Waals surface area (Å²) >= 11 is -0.979. The summed E-state index contributed by atoms with van der Waals surface area (Å²) in [6.45, 7) is 4.01. The Labute approximate surface area is 94.6 Å². The molecule has 1 aliphatic heterocycles. The first-order chi connectivity index (χ1) is 7.27. The van der Waals surface area contributed by atoms with Gasteiger partial charge in [-0.2, -0.15) is 0 Å². The summed E-state index contributed by atoms with van der Waals surface area (Å²) in [6.07, 6.45) is 1.65. The van der Waals surface area contributed by atoms with Crippen molar-refractivity contribution < 1.29 is 0 Å². The van der Waals surface area contributed by atoms with Crippen LogP contribution in [0.15, 0.2) is 6.33 Å². The first kappa shape index (κ1) is 10.8. The summed E-state index contributed by atoms with van der Waals surface area (Å²) in [5, 5.41) is 3.32. The zero-order valence-electron chi connectivity index (χ0n) is 9.14. The maximum absolute atomic E-state index is 4.54. The fourth-order valence-corrected chi connectivity index (χ4v) is 2.71. The van der Waals surface area contributed by atoms with Crippen LogP contribution in [0.3, 0.4) is 0 Å². The fourth-order valence-electron chi connectivity index (χ4n) is 1.51. The van der Waals surface area contributed by atoms with Crippen LogP contribution in [-0.4, -0.2) is 55.8 Å². The molecule has 0 aliphatic carbocycles. The Bertz CT molecular complexity index is 324. The molecule has 15 heavy (non-hydrogen) atoms. The van der Waals surface area contributed by atoms with Gasteiger partial charge in [0.25, 0.3) is 0 Å². The van der Waals surface area contributed by atoms with E-state index in [1.54, 1.807) is 6.33 Å². The SMILES string of the molecule is C[As](C)c1ncnc(N2CCNCC2)n1. The maximum atomic E-state index is 4.54. The van der Waals surface area contributed by atoms with Crippen LogP contribution in [-0.2, 0) is 0 Å². The number of rotatable bonds is 2. The molecule has 1 fully saturated rings. The van der Waals surface area contributed by atoms with Gasteiger partial charge in [0, 0.05) is 0 Å². The summed E-state index contributed by atoms with van der Waals surface area (Å²) < 4.78 is 1.02. The third-order valence-corrected chi connectivity index (χ3v) is 4.48. The van der Waals surface area contributed by atoms with Crippen LogP contribution in [0.1, 0.15) is 0 Å². The van der Waals surface area contributed by atoms with Crippen LogP contribution in [0.25, 0.3) is 0 Å². The van der Waals surface area contributed by atoms with Gasteiger partial charge in [-0.15, -0.1) is 0 Å². The van der Waals surface area contributed by atoms with E-state index in [2.05, 4.69) is 36.6 Å². The normalized spacial score (nSPS) is 17.1. The van der Waals surface area contributed by atoms with Gasteiger partial charge in [0.15, 0.2) is 0 Å². The van der Waals surface area contributed by atoms with Crippen molar-refractivity contribution in [3.63, 3.8) is 0 Å². The number of nitrogens with zero attached hydrogens (tertiary/aromatic N) is 4. The fraction of sp³-hybridized carbons (Fsp3) is 0.667. The molecule has 0 amide bonds. The molecule has 2 rings (SSSR count). The standard InChI is InChI=1S/C9H16AsN5/c1-10(2)8-12-7-13-9(14-8)15-5-3-11-4-6-15/h7,11H,3-6H2,1-2H3. The molecule has 0 saturated carbocycles. The van der Waals surface area contributed by atoms with E-state index in [4.69, 9.17) is 0 Å². The molecule has 1 N–H and O–H groups in total. The third-order valence-electron chi connectivity index (χ3n) is 2.35. The predicted molar refractivity (Wildman–Crippen MR) is 62.0 cm³/mol. The summed E-state index contributed by atoms with van der Waals surface area (Å²) in [7, 11) is 0. The van der Waals surface area contributed by atoms with Crippen LogP contribution in [0.5, 0.6) is 0 Å². The minimum atomic E-state index is -0.979.